The largest absolute Gasteiger partial charge is 0.336 e. The minimum Gasteiger partial charge on any atom is -0.336 e. The van der Waals surface area contributed by atoms with Crippen LogP contribution in [0.5, 0.6) is 0 Å². The molecule has 4 heterocycles. The van der Waals surface area contributed by atoms with Crippen molar-refractivity contribution < 1.29 is 0 Å². The number of rotatable bonds is 2. The molecule has 2 aliphatic heterocycles. The summed E-state index contributed by atoms with van der Waals surface area (Å²) in [7, 11) is 0. The zero-order valence-corrected chi connectivity index (χ0v) is 12.1. The van der Waals surface area contributed by atoms with Crippen LogP contribution in [0.1, 0.15) is 18.9 Å². The fraction of sp³-hybridized carbons (Fsp3) is 0.600. The molecule has 20 heavy (non-hydrogen) atoms. The molecule has 2 aliphatic rings. The summed E-state index contributed by atoms with van der Waals surface area (Å²) in [4.78, 5) is 7.21. The maximum atomic E-state index is 4.78. The van der Waals surface area contributed by atoms with Crippen LogP contribution in [0.2, 0.25) is 0 Å². The number of hydrogen-bond donors (Lipinski definition) is 1. The molecule has 0 bridgehead atoms. The maximum Gasteiger partial charge on any atom is 0.245 e. The van der Waals surface area contributed by atoms with Gasteiger partial charge in [0.2, 0.25) is 5.95 Å². The van der Waals surface area contributed by atoms with Crippen molar-refractivity contribution in [1.82, 2.24) is 19.9 Å². The highest BCUT2D eigenvalue weighted by atomic mass is 15.4. The normalized spacial score (nSPS) is 29.3. The maximum absolute atomic E-state index is 4.78. The Morgan fingerprint density at radius 3 is 3.10 bits per heavy atom. The minimum absolute atomic E-state index is 0.577. The molecule has 0 amide bonds. The standard InChI is InChI=1S/C15H21N5/c1-3-13-12-8-16-7-11(12)9-19(13)15-17-14-10(2)5-4-6-20(14)18-15/h4-6,11-13,16H,3,7-9H2,1-2H3. The molecule has 4 rings (SSSR count). The third-order valence-electron chi connectivity index (χ3n) is 4.94. The van der Waals surface area contributed by atoms with Gasteiger partial charge in [0.25, 0.3) is 0 Å². The van der Waals surface area contributed by atoms with E-state index in [4.69, 9.17) is 10.1 Å². The zero-order valence-electron chi connectivity index (χ0n) is 12.1. The SMILES string of the molecule is CCC1C2CNCC2CN1c1nc2c(C)cccn2n1. The second-order valence-electron chi connectivity index (χ2n) is 6.08. The summed E-state index contributed by atoms with van der Waals surface area (Å²) >= 11 is 0. The van der Waals surface area contributed by atoms with Crippen molar-refractivity contribution in [2.45, 2.75) is 26.3 Å². The average Bonchev–Trinajstić information content (AvgIpc) is 3.11. The Hall–Kier alpha value is -1.62. The molecule has 106 valence electrons. The van der Waals surface area contributed by atoms with Gasteiger partial charge in [0.1, 0.15) is 0 Å². The van der Waals surface area contributed by atoms with Crippen molar-refractivity contribution >= 4 is 11.6 Å². The van der Waals surface area contributed by atoms with Gasteiger partial charge in [0.05, 0.1) is 0 Å². The Morgan fingerprint density at radius 1 is 1.40 bits per heavy atom. The van der Waals surface area contributed by atoms with Gasteiger partial charge in [0, 0.05) is 31.9 Å². The van der Waals surface area contributed by atoms with E-state index < -0.39 is 0 Å². The second kappa shape index (κ2) is 4.45. The highest BCUT2D eigenvalue weighted by Crippen LogP contribution is 2.36. The zero-order chi connectivity index (χ0) is 13.7. The van der Waals surface area contributed by atoms with Crippen LogP contribution in [0.4, 0.5) is 5.95 Å². The first-order chi connectivity index (χ1) is 9.78. The lowest BCUT2D eigenvalue weighted by Gasteiger charge is -2.25. The van der Waals surface area contributed by atoms with Crippen molar-refractivity contribution in [3.63, 3.8) is 0 Å². The Balaban J connectivity index is 1.73. The molecule has 0 radical (unpaired) electrons. The van der Waals surface area contributed by atoms with Gasteiger partial charge < -0.3 is 10.2 Å². The molecule has 2 fully saturated rings. The number of hydrogen-bond acceptors (Lipinski definition) is 4. The first-order valence-electron chi connectivity index (χ1n) is 7.57. The predicted molar refractivity (Wildman–Crippen MR) is 79.0 cm³/mol. The molecule has 0 spiro atoms. The molecule has 0 aromatic carbocycles. The van der Waals surface area contributed by atoms with Crippen molar-refractivity contribution in [2.24, 2.45) is 11.8 Å². The van der Waals surface area contributed by atoms with E-state index in [2.05, 4.69) is 30.1 Å². The molecule has 3 unspecified atom stereocenters. The van der Waals surface area contributed by atoms with Crippen molar-refractivity contribution in [2.75, 3.05) is 24.5 Å². The van der Waals surface area contributed by atoms with Gasteiger partial charge >= 0.3 is 0 Å². The van der Waals surface area contributed by atoms with Crippen molar-refractivity contribution in [1.29, 1.82) is 0 Å². The van der Waals surface area contributed by atoms with Gasteiger partial charge in [-0.3, -0.25) is 0 Å². The van der Waals surface area contributed by atoms with Crippen LogP contribution in [0.3, 0.4) is 0 Å². The number of pyridine rings is 1. The highest BCUT2D eigenvalue weighted by Gasteiger charge is 2.44. The fourth-order valence-electron chi connectivity index (χ4n) is 3.93. The highest BCUT2D eigenvalue weighted by molar-refractivity contribution is 5.51. The molecule has 5 nitrogen and oxygen atoms in total. The van der Waals surface area contributed by atoms with E-state index in [1.807, 2.05) is 16.8 Å². The number of fused-ring (bicyclic) bond motifs is 2. The van der Waals surface area contributed by atoms with Crippen molar-refractivity contribution in [3.05, 3.63) is 23.9 Å². The van der Waals surface area contributed by atoms with Gasteiger partial charge in [-0.25, -0.2) is 4.52 Å². The van der Waals surface area contributed by atoms with Crippen LogP contribution in [0.15, 0.2) is 18.3 Å². The van der Waals surface area contributed by atoms with Crippen LogP contribution in [0, 0.1) is 18.8 Å². The summed E-state index contributed by atoms with van der Waals surface area (Å²) in [6.45, 7) is 7.75. The molecular formula is C15H21N5. The smallest absolute Gasteiger partial charge is 0.245 e. The molecular weight excluding hydrogens is 250 g/mol. The van der Waals surface area contributed by atoms with Crippen LogP contribution < -0.4 is 10.2 Å². The van der Waals surface area contributed by atoms with Crippen LogP contribution in [-0.2, 0) is 0 Å². The Kier molecular flexibility index (Phi) is 2.70. The summed E-state index contributed by atoms with van der Waals surface area (Å²) in [5.41, 5.74) is 2.16. The molecule has 0 saturated carbocycles. The van der Waals surface area contributed by atoms with E-state index in [9.17, 15) is 0 Å². The lowest BCUT2D eigenvalue weighted by molar-refractivity contribution is 0.440. The number of aryl methyl sites for hydroxylation is 1. The topological polar surface area (TPSA) is 45.5 Å². The monoisotopic (exact) mass is 271 g/mol. The molecule has 2 aromatic rings. The number of aromatic nitrogens is 3. The number of nitrogens with one attached hydrogen (secondary N) is 1. The van der Waals surface area contributed by atoms with Gasteiger partial charge in [-0.2, -0.15) is 4.98 Å². The van der Waals surface area contributed by atoms with Crippen LogP contribution in [-0.4, -0.2) is 40.3 Å². The van der Waals surface area contributed by atoms with Crippen molar-refractivity contribution in [3.8, 4) is 0 Å². The molecule has 1 N–H and O–H groups in total. The second-order valence-corrected chi connectivity index (χ2v) is 6.08. The average molecular weight is 271 g/mol. The number of nitrogens with zero attached hydrogens (tertiary/aromatic N) is 4. The Labute approximate surface area is 119 Å². The van der Waals surface area contributed by atoms with E-state index in [1.54, 1.807) is 0 Å². The predicted octanol–water partition coefficient (Wildman–Crippen LogP) is 1.47. The number of anilines is 1. The Bertz CT molecular complexity index is 634. The third kappa shape index (κ3) is 1.66. The van der Waals surface area contributed by atoms with E-state index in [-0.39, 0.29) is 0 Å². The molecule has 2 saturated heterocycles. The fourth-order valence-corrected chi connectivity index (χ4v) is 3.93. The summed E-state index contributed by atoms with van der Waals surface area (Å²) in [5.74, 6) is 2.42. The van der Waals surface area contributed by atoms with E-state index >= 15 is 0 Å². The van der Waals surface area contributed by atoms with E-state index in [0.717, 1.165) is 49.5 Å². The molecule has 0 aliphatic carbocycles. The quantitative estimate of drug-likeness (QED) is 0.898. The van der Waals surface area contributed by atoms with Crippen LogP contribution >= 0.6 is 0 Å². The summed E-state index contributed by atoms with van der Waals surface area (Å²) < 4.78 is 1.91. The third-order valence-corrected chi connectivity index (χ3v) is 4.94. The van der Waals surface area contributed by atoms with Gasteiger partial charge in [0.15, 0.2) is 5.65 Å². The summed E-state index contributed by atoms with van der Waals surface area (Å²) in [5, 5.41) is 8.22. The first-order valence-corrected chi connectivity index (χ1v) is 7.57. The molecule has 5 heteroatoms. The van der Waals surface area contributed by atoms with Gasteiger partial charge in [-0.05, 0) is 36.8 Å². The lowest BCUT2D eigenvalue weighted by atomic mass is 9.93. The molecule has 3 atom stereocenters. The summed E-state index contributed by atoms with van der Waals surface area (Å²) in [6.07, 6.45) is 3.15. The van der Waals surface area contributed by atoms with E-state index in [1.165, 1.54) is 5.56 Å². The van der Waals surface area contributed by atoms with Gasteiger partial charge in [-0.1, -0.05) is 13.0 Å². The van der Waals surface area contributed by atoms with E-state index in [0.29, 0.717) is 6.04 Å². The minimum atomic E-state index is 0.577. The van der Waals surface area contributed by atoms with Gasteiger partial charge in [-0.15, -0.1) is 5.10 Å². The first kappa shape index (κ1) is 12.1. The molecule has 2 aromatic heterocycles. The van der Waals surface area contributed by atoms with Crippen LogP contribution in [0.25, 0.3) is 5.65 Å². The summed E-state index contributed by atoms with van der Waals surface area (Å²) in [6, 6.07) is 4.70. The lowest BCUT2D eigenvalue weighted by Crippen LogP contribution is -2.35. The Morgan fingerprint density at radius 2 is 2.30 bits per heavy atom.